The van der Waals surface area contributed by atoms with E-state index in [1.165, 1.54) is 0 Å². The smallest absolute Gasteiger partial charge is 0.196 e. The van der Waals surface area contributed by atoms with Crippen molar-refractivity contribution in [3.63, 3.8) is 0 Å². The summed E-state index contributed by atoms with van der Waals surface area (Å²) < 4.78 is 0.910. The van der Waals surface area contributed by atoms with Gasteiger partial charge in [-0.15, -0.1) is 0 Å². The molecule has 0 unspecified atom stereocenters. The summed E-state index contributed by atoms with van der Waals surface area (Å²) in [5.41, 5.74) is 3.42. The fraction of sp³-hybridized carbons (Fsp3) is 0. The van der Waals surface area contributed by atoms with Crippen molar-refractivity contribution in [2.24, 2.45) is 0 Å². The molecule has 0 aliphatic rings. The lowest BCUT2D eigenvalue weighted by atomic mass is 9.98. The average molecular weight is 284 g/mol. The van der Waals surface area contributed by atoms with E-state index in [2.05, 4.69) is 27.4 Å². The number of nitrogens with zero attached hydrogens (tertiary/aromatic N) is 1. The van der Waals surface area contributed by atoms with Gasteiger partial charge in [-0.25, -0.2) is 4.85 Å². The first-order valence-electron chi connectivity index (χ1n) is 5.14. The second kappa shape index (κ2) is 4.99. The van der Waals surface area contributed by atoms with Gasteiger partial charge in [-0.3, -0.25) is 0 Å². The second-order valence-electron chi connectivity index (χ2n) is 3.62. The van der Waals surface area contributed by atoms with Crippen LogP contribution in [0.2, 0.25) is 0 Å². The van der Waals surface area contributed by atoms with Crippen LogP contribution >= 0.6 is 15.9 Å². The van der Waals surface area contributed by atoms with Gasteiger partial charge in [-0.05, 0) is 28.8 Å². The van der Waals surface area contributed by atoms with Crippen molar-refractivity contribution in [1.82, 2.24) is 0 Å². The zero-order valence-electron chi connectivity index (χ0n) is 9.15. The highest BCUT2D eigenvalue weighted by atomic mass is 79.9. The van der Waals surface area contributed by atoms with Crippen LogP contribution in [0.5, 0.6) is 0 Å². The molecule has 0 aromatic heterocycles. The molecule has 0 saturated heterocycles. The standard InChI is InChI=1S/C15H10BrN/c1-11(12-6-4-3-5-7-12)14-9-8-13(16)10-15(14)17-2/h3-10H,1H2. The Hall–Kier alpha value is -1.85. The van der Waals surface area contributed by atoms with Gasteiger partial charge in [0.15, 0.2) is 5.69 Å². The van der Waals surface area contributed by atoms with Gasteiger partial charge in [0.05, 0.1) is 6.57 Å². The Balaban J connectivity index is 2.49. The predicted octanol–water partition coefficient (Wildman–Crippen LogP) is 5.06. The quantitative estimate of drug-likeness (QED) is 0.679. The highest BCUT2D eigenvalue weighted by Crippen LogP contribution is 2.32. The van der Waals surface area contributed by atoms with Gasteiger partial charge in [0.25, 0.3) is 0 Å². The topological polar surface area (TPSA) is 4.36 Å². The lowest BCUT2D eigenvalue weighted by molar-refractivity contribution is 1.55. The van der Waals surface area contributed by atoms with Crippen LogP contribution in [-0.4, -0.2) is 0 Å². The molecule has 0 bridgehead atoms. The summed E-state index contributed by atoms with van der Waals surface area (Å²) in [7, 11) is 0. The maximum absolute atomic E-state index is 7.20. The number of rotatable bonds is 2. The first kappa shape index (κ1) is 11.6. The second-order valence-corrected chi connectivity index (χ2v) is 4.53. The SMILES string of the molecule is [C-]#[N+]c1cc(Br)ccc1C(=C)c1ccccc1. The van der Waals surface area contributed by atoms with Gasteiger partial charge in [-0.2, -0.15) is 0 Å². The molecule has 0 saturated carbocycles. The average Bonchev–Trinajstić information content (AvgIpc) is 2.39. The minimum atomic E-state index is 0.619. The van der Waals surface area contributed by atoms with E-state index in [4.69, 9.17) is 6.57 Å². The minimum absolute atomic E-state index is 0.619. The number of hydrogen-bond acceptors (Lipinski definition) is 0. The van der Waals surface area contributed by atoms with E-state index in [0.29, 0.717) is 5.69 Å². The monoisotopic (exact) mass is 283 g/mol. The molecule has 0 fully saturated rings. The van der Waals surface area contributed by atoms with E-state index < -0.39 is 0 Å². The molecule has 0 aliphatic carbocycles. The number of halogens is 1. The largest absolute Gasteiger partial charge is 0.237 e. The van der Waals surface area contributed by atoms with Crippen LogP contribution in [0.15, 0.2) is 59.6 Å². The van der Waals surface area contributed by atoms with E-state index in [0.717, 1.165) is 21.2 Å². The maximum Gasteiger partial charge on any atom is 0.196 e. The zero-order chi connectivity index (χ0) is 12.3. The van der Waals surface area contributed by atoms with Crippen molar-refractivity contribution >= 4 is 27.2 Å². The Morgan fingerprint density at radius 3 is 2.47 bits per heavy atom. The van der Waals surface area contributed by atoms with Crippen LogP contribution in [0.1, 0.15) is 11.1 Å². The molecule has 0 aliphatic heterocycles. The van der Waals surface area contributed by atoms with Crippen LogP contribution in [0, 0.1) is 6.57 Å². The lowest BCUT2D eigenvalue weighted by Gasteiger charge is -2.08. The van der Waals surface area contributed by atoms with E-state index in [1.54, 1.807) is 0 Å². The molecule has 2 rings (SSSR count). The molecule has 17 heavy (non-hydrogen) atoms. The van der Waals surface area contributed by atoms with Crippen LogP contribution < -0.4 is 0 Å². The Bertz CT molecular complexity index is 594. The first-order valence-corrected chi connectivity index (χ1v) is 5.93. The highest BCUT2D eigenvalue weighted by molar-refractivity contribution is 9.10. The minimum Gasteiger partial charge on any atom is -0.237 e. The molecule has 2 heteroatoms. The van der Waals surface area contributed by atoms with Crippen LogP contribution in [0.3, 0.4) is 0 Å². The summed E-state index contributed by atoms with van der Waals surface area (Å²) in [6, 6.07) is 15.6. The Kier molecular flexibility index (Phi) is 3.41. The fourth-order valence-corrected chi connectivity index (χ4v) is 2.00. The molecule has 0 N–H and O–H groups in total. The van der Waals surface area contributed by atoms with Gasteiger partial charge in [0, 0.05) is 4.47 Å². The summed E-state index contributed by atoms with van der Waals surface area (Å²) in [5, 5.41) is 0. The third-order valence-corrected chi connectivity index (χ3v) is 3.02. The van der Waals surface area contributed by atoms with Crippen molar-refractivity contribution in [3.8, 4) is 0 Å². The molecule has 0 heterocycles. The predicted molar refractivity (Wildman–Crippen MR) is 75.0 cm³/mol. The Morgan fingerprint density at radius 1 is 1.12 bits per heavy atom. The molecular formula is C15H10BrN. The number of benzene rings is 2. The third-order valence-electron chi connectivity index (χ3n) is 2.53. The van der Waals surface area contributed by atoms with E-state index in [1.807, 2.05) is 48.5 Å². The van der Waals surface area contributed by atoms with Crippen LogP contribution in [0.25, 0.3) is 10.4 Å². The summed E-state index contributed by atoms with van der Waals surface area (Å²) >= 11 is 3.37. The summed E-state index contributed by atoms with van der Waals surface area (Å²) in [6.45, 7) is 11.3. The first-order chi connectivity index (χ1) is 8.22. The highest BCUT2D eigenvalue weighted by Gasteiger charge is 2.08. The lowest BCUT2D eigenvalue weighted by Crippen LogP contribution is -1.86. The van der Waals surface area contributed by atoms with Gasteiger partial charge < -0.3 is 0 Å². The molecule has 2 aromatic carbocycles. The van der Waals surface area contributed by atoms with Crippen molar-refractivity contribution in [2.75, 3.05) is 0 Å². The summed E-state index contributed by atoms with van der Waals surface area (Å²) in [6.07, 6.45) is 0. The molecule has 2 aromatic rings. The molecule has 0 spiro atoms. The molecular weight excluding hydrogens is 274 g/mol. The summed E-state index contributed by atoms with van der Waals surface area (Å²) in [4.78, 5) is 3.54. The van der Waals surface area contributed by atoms with Crippen molar-refractivity contribution in [3.05, 3.63) is 82.1 Å². The third kappa shape index (κ3) is 2.46. The van der Waals surface area contributed by atoms with E-state index in [9.17, 15) is 0 Å². The molecule has 0 radical (unpaired) electrons. The molecule has 1 nitrogen and oxygen atoms in total. The summed E-state index contributed by atoms with van der Waals surface area (Å²) in [5.74, 6) is 0. The van der Waals surface area contributed by atoms with E-state index >= 15 is 0 Å². The van der Waals surface area contributed by atoms with Gasteiger partial charge >= 0.3 is 0 Å². The molecule has 0 amide bonds. The van der Waals surface area contributed by atoms with E-state index in [-0.39, 0.29) is 0 Å². The Labute approximate surface area is 109 Å². The molecule has 0 atom stereocenters. The maximum atomic E-state index is 7.20. The van der Waals surface area contributed by atoms with Gasteiger partial charge in [-0.1, -0.05) is 58.9 Å². The Morgan fingerprint density at radius 2 is 1.82 bits per heavy atom. The number of hydrogen-bond donors (Lipinski definition) is 0. The van der Waals surface area contributed by atoms with Crippen molar-refractivity contribution in [1.29, 1.82) is 0 Å². The van der Waals surface area contributed by atoms with Crippen molar-refractivity contribution in [2.45, 2.75) is 0 Å². The van der Waals surface area contributed by atoms with Crippen molar-refractivity contribution < 1.29 is 0 Å². The fourth-order valence-electron chi connectivity index (χ4n) is 1.65. The van der Waals surface area contributed by atoms with Crippen LogP contribution in [0.4, 0.5) is 5.69 Å². The molecule has 82 valence electrons. The van der Waals surface area contributed by atoms with Crippen LogP contribution in [-0.2, 0) is 0 Å². The normalized spacial score (nSPS) is 9.65. The van der Waals surface area contributed by atoms with Gasteiger partial charge in [0.1, 0.15) is 0 Å². The zero-order valence-corrected chi connectivity index (χ0v) is 10.7. The van der Waals surface area contributed by atoms with Gasteiger partial charge in [0.2, 0.25) is 0 Å².